The standard InChI is InChI=1S/C14H10ClFN4O/c15-10-5-7(16)1-3-12(10)18-14(21)13-9-6-8(17)2-4-11(9)19-20-13/h1-6H,17H2,(H,18,21)(H,19,20). The highest BCUT2D eigenvalue weighted by atomic mass is 35.5. The molecule has 1 aromatic heterocycles. The van der Waals surface area contributed by atoms with Crippen LogP contribution in [0.15, 0.2) is 36.4 Å². The van der Waals surface area contributed by atoms with E-state index in [-0.39, 0.29) is 10.7 Å². The lowest BCUT2D eigenvalue weighted by atomic mass is 10.2. The monoisotopic (exact) mass is 304 g/mol. The summed E-state index contributed by atoms with van der Waals surface area (Å²) < 4.78 is 13.0. The number of carbonyl (C=O) groups excluding carboxylic acids is 1. The van der Waals surface area contributed by atoms with E-state index in [1.165, 1.54) is 12.1 Å². The SMILES string of the molecule is Nc1ccc2[nH]nc(C(=O)Nc3ccc(F)cc3Cl)c2c1. The van der Waals surface area contributed by atoms with Crippen molar-refractivity contribution in [3.63, 3.8) is 0 Å². The number of halogens is 2. The number of hydrogen-bond acceptors (Lipinski definition) is 3. The quantitative estimate of drug-likeness (QED) is 0.636. The zero-order valence-electron chi connectivity index (χ0n) is 10.7. The van der Waals surface area contributed by atoms with Gasteiger partial charge in [-0.2, -0.15) is 5.10 Å². The fourth-order valence-electron chi connectivity index (χ4n) is 1.98. The van der Waals surface area contributed by atoms with E-state index >= 15 is 0 Å². The lowest BCUT2D eigenvalue weighted by molar-refractivity contribution is 0.102. The zero-order valence-corrected chi connectivity index (χ0v) is 11.4. The summed E-state index contributed by atoms with van der Waals surface area (Å²) in [4.78, 5) is 12.3. The van der Waals surface area contributed by atoms with E-state index < -0.39 is 11.7 Å². The van der Waals surface area contributed by atoms with Crippen molar-refractivity contribution in [3.05, 3.63) is 52.9 Å². The van der Waals surface area contributed by atoms with Gasteiger partial charge in [-0.15, -0.1) is 0 Å². The molecule has 106 valence electrons. The number of nitrogens with two attached hydrogens (primary N) is 1. The van der Waals surface area contributed by atoms with Crippen molar-refractivity contribution in [3.8, 4) is 0 Å². The van der Waals surface area contributed by atoms with E-state index in [0.29, 0.717) is 22.3 Å². The summed E-state index contributed by atoms with van der Waals surface area (Å²) in [6.07, 6.45) is 0. The van der Waals surface area contributed by atoms with Crippen molar-refractivity contribution in [1.29, 1.82) is 0 Å². The number of aromatic amines is 1. The maximum atomic E-state index is 13.0. The van der Waals surface area contributed by atoms with Crippen LogP contribution in [0.2, 0.25) is 5.02 Å². The zero-order chi connectivity index (χ0) is 15.0. The second-order valence-corrected chi connectivity index (χ2v) is 4.86. The van der Waals surface area contributed by atoms with Gasteiger partial charge in [-0.1, -0.05) is 11.6 Å². The van der Waals surface area contributed by atoms with Gasteiger partial charge in [-0.25, -0.2) is 4.39 Å². The van der Waals surface area contributed by atoms with Gasteiger partial charge in [-0.05, 0) is 36.4 Å². The molecule has 0 saturated carbocycles. The molecule has 7 heteroatoms. The highest BCUT2D eigenvalue weighted by Gasteiger charge is 2.15. The van der Waals surface area contributed by atoms with Gasteiger partial charge in [0.1, 0.15) is 5.82 Å². The van der Waals surface area contributed by atoms with Crippen LogP contribution < -0.4 is 11.1 Å². The minimum Gasteiger partial charge on any atom is -0.399 e. The van der Waals surface area contributed by atoms with E-state index in [0.717, 1.165) is 6.07 Å². The minimum absolute atomic E-state index is 0.114. The number of H-pyrrole nitrogens is 1. The van der Waals surface area contributed by atoms with Crippen LogP contribution in [0.25, 0.3) is 10.9 Å². The van der Waals surface area contributed by atoms with Crippen LogP contribution in [0, 0.1) is 5.82 Å². The molecule has 1 amide bonds. The average Bonchev–Trinajstić information content (AvgIpc) is 2.85. The Morgan fingerprint density at radius 2 is 2.10 bits per heavy atom. The minimum atomic E-state index is -0.476. The van der Waals surface area contributed by atoms with Crippen LogP contribution in [-0.4, -0.2) is 16.1 Å². The number of carbonyl (C=O) groups is 1. The van der Waals surface area contributed by atoms with E-state index in [1.807, 2.05) is 0 Å². The maximum absolute atomic E-state index is 13.0. The third-order valence-electron chi connectivity index (χ3n) is 2.98. The lowest BCUT2D eigenvalue weighted by Gasteiger charge is -2.06. The fraction of sp³-hybridized carbons (Fsp3) is 0. The second kappa shape index (κ2) is 5.06. The molecule has 21 heavy (non-hydrogen) atoms. The molecule has 2 aromatic carbocycles. The summed E-state index contributed by atoms with van der Waals surface area (Å²) in [7, 11) is 0. The predicted octanol–water partition coefficient (Wildman–Crippen LogP) is 3.19. The third kappa shape index (κ3) is 2.53. The van der Waals surface area contributed by atoms with Crippen LogP contribution >= 0.6 is 11.6 Å². The summed E-state index contributed by atoms with van der Waals surface area (Å²) >= 11 is 5.88. The van der Waals surface area contributed by atoms with Crippen molar-refractivity contribution < 1.29 is 9.18 Å². The summed E-state index contributed by atoms with van der Waals surface area (Å²) in [6, 6.07) is 8.82. The number of amides is 1. The molecular formula is C14H10ClFN4O. The molecule has 5 nitrogen and oxygen atoms in total. The molecule has 0 fully saturated rings. The summed E-state index contributed by atoms with van der Waals surface area (Å²) in [5.74, 6) is -0.934. The number of anilines is 2. The molecule has 0 unspecified atom stereocenters. The van der Waals surface area contributed by atoms with Gasteiger partial charge in [0, 0.05) is 11.1 Å². The van der Waals surface area contributed by atoms with Gasteiger partial charge < -0.3 is 11.1 Å². The molecule has 3 aromatic rings. The van der Waals surface area contributed by atoms with Crippen LogP contribution in [0.5, 0.6) is 0 Å². The Balaban J connectivity index is 1.95. The molecule has 0 aliphatic carbocycles. The summed E-state index contributed by atoms with van der Waals surface area (Å²) in [6.45, 7) is 0. The first-order valence-electron chi connectivity index (χ1n) is 6.04. The highest BCUT2D eigenvalue weighted by molar-refractivity contribution is 6.34. The number of fused-ring (bicyclic) bond motifs is 1. The van der Waals surface area contributed by atoms with Crippen molar-refractivity contribution in [2.75, 3.05) is 11.1 Å². The highest BCUT2D eigenvalue weighted by Crippen LogP contribution is 2.24. The Hall–Kier alpha value is -2.60. The van der Waals surface area contributed by atoms with Gasteiger partial charge >= 0.3 is 0 Å². The first-order chi connectivity index (χ1) is 10.0. The Labute approximate surface area is 123 Å². The fourth-order valence-corrected chi connectivity index (χ4v) is 2.19. The lowest BCUT2D eigenvalue weighted by Crippen LogP contribution is -2.13. The van der Waals surface area contributed by atoms with Crippen LogP contribution in [0.1, 0.15) is 10.5 Å². The number of nitrogens with one attached hydrogen (secondary N) is 2. The molecular weight excluding hydrogens is 295 g/mol. The van der Waals surface area contributed by atoms with Gasteiger partial charge in [0.25, 0.3) is 5.91 Å². The van der Waals surface area contributed by atoms with Crippen LogP contribution in [-0.2, 0) is 0 Å². The van der Waals surface area contributed by atoms with Crippen molar-refractivity contribution >= 4 is 39.8 Å². The molecule has 0 spiro atoms. The number of nitrogen functional groups attached to an aromatic ring is 1. The molecule has 1 heterocycles. The van der Waals surface area contributed by atoms with E-state index in [4.69, 9.17) is 17.3 Å². The molecule has 0 bridgehead atoms. The van der Waals surface area contributed by atoms with Crippen LogP contribution in [0.3, 0.4) is 0 Å². The van der Waals surface area contributed by atoms with E-state index in [2.05, 4.69) is 15.5 Å². The van der Waals surface area contributed by atoms with Crippen molar-refractivity contribution in [1.82, 2.24) is 10.2 Å². The van der Waals surface area contributed by atoms with Gasteiger partial charge in [0.2, 0.25) is 0 Å². The average molecular weight is 305 g/mol. The maximum Gasteiger partial charge on any atom is 0.276 e. The molecule has 0 radical (unpaired) electrons. The van der Waals surface area contributed by atoms with Crippen LogP contribution in [0.4, 0.5) is 15.8 Å². The third-order valence-corrected chi connectivity index (χ3v) is 3.29. The number of rotatable bonds is 2. The Morgan fingerprint density at radius 3 is 2.86 bits per heavy atom. The van der Waals surface area contributed by atoms with Crippen molar-refractivity contribution in [2.45, 2.75) is 0 Å². The second-order valence-electron chi connectivity index (χ2n) is 4.46. The molecule has 3 rings (SSSR count). The van der Waals surface area contributed by atoms with Crippen molar-refractivity contribution in [2.24, 2.45) is 0 Å². The number of hydrogen-bond donors (Lipinski definition) is 3. The molecule has 0 atom stereocenters. The first kappa shape index (κ1) is 13.4. The Kier molecular flexibility index (Phi) is 3.23. The van der Waals surface area contributed by atoms with Gasteiger partial charge in [0.05, 0.1) is 16.2 Å². The normalized spacial score (nSPS) is 10.8. The molecule has 0 aliphatic heterocycles. The number of nitrogens with zero attached hydrogens (tertiary/aromatic N) is 1. The topological polar surface area (TPSA) is 83.8 Å². The molecule has 4 N–H and O–H groups in total. The smallest absolute Gasteiger partial charge is 0.276 e. The van der Waals surface area contributed by atoms with E-state index in [9.17, 15) is 9.18 Å². The number of benzene rings is 2. The van der Waals surface area contributed by atoms with E-state index in [1.54, 1.807) is 18.2 Å². The predicted molar refractivity (Wildman–Crippen MR) is 79.9 cm³/mol. The largest absolute Gasteiger partial charge is 0.399 e. The Morgan fingerprint density at radius 1 is 1.29 bits per heavy atom. The number of aromatic nitrogens is 2. The molecule has 0 saturated heterocycles. The first-order valence-corrected chi connectivity index (χ1v) is 6.42. The Bertz CT molecular complexity index is 846. The summed E-state index contributed by atoms with van der Waals surface area (Å²) in [5, 5.41) is 10.0. The van der Waals surface area contributed by atoms with Gasteiger partial charge in [0.15, 0.2) is 5.69 Å². The summed E-state index contributed by atoms with van der Waals surface area (Å²) in [5.41, 5.74) is 7.43. The van der Waals surface area contributed by atoms with Gasteiger partial charge in [-0.3, -0.25) is 9.89 Å². The molecule has 0 aliphatic rings.